The number of carbonyl (C=O) groups excluding carboxylic acids is 1. The fourth-order valence-electron chi connectivity index (χ4n) is 2.67. The largest absolute Gasteiger partial charge is 0.417 e. The van der Waals surface area contributed by atoms with E-state index in [9.17, 15) is 26.4 Å². The van der Waals surface area contributed by atoms with Crippen molar-refractivity contribution in [2.24, 2.45) is 0 Å². The van der Waals surface area contributed by atoms with Gasteiger partial charge < -0.3 is 10.6 Å². The summed E-state index contributed by atoms with van der Waals surface area (Å²) in [5.41, 5.74) is -1.18. The van der Waals surface area contributed by atoms with Crippen molar-refractivity contribution in [2.75, 3.05) is 11.6 Å². The fourth-order valence-corrected chi connectivity index (χ4v) is 3.49. The Balaban J connectivity index is 2.28. The first-order valence-corrected chi connectivity index (χ1v) is 11.4. The van der Waals surface area contributed by atoms with Crippen molar-refractivity contribution in [3.05, 3.63) is 69.7 Å². The van der Waals surface area contributed by atoms with Crippen LogP contribution in [-0.4, -0.2) is 31.6 Å². The van der Waals surface area contributed by atoms with Gasteiger partial charge in [0.25, 0.3) is 5.91 Å². The summed E-state index contributed by atoms with van der Waals surface area (Å²) in [4.78, 5) is 16.3. The van der Waals surface area contributed by atoms with Crippen molar-refractivity contribution < 1.29 is 26.4 Å². The Morgan fingerprint density at radius 1 is 1.23 bits per heavy atom. The second-order valence-electron chi connectivity index (χ2n) is 6.92. The van der Waals surface area contributed by atoms with E-state index in [1.54, 1.807) is 31.2 Å². The summed E-state index contributed by atoms with van der Waals surface area (Å²) in [5, 5.41) is 6.47. The molecule has 0 radical (unpaired) electrons. The van der Waals surface area contributed by atoms with Crippen LogP contribution in [-0.2, 0) is 16.0 Å². The quantitative estimate of drug-likeness (QED) is 0.611. The fraction of sp³-hybridized carbons (Fsp3) is 0.300. The lowest BCUT2D eigenvalue weighted by atomic mass is 10.1. The second kappa shape index (κ2) is 9.69. The zero-order valence-electron chi connectivity index (χ0n) is 16.9. The molecule has 0 saturated carbocycles. The molecular formula is C20H21ClF3N3O3S. The van der Waals surface area contributed by atoms with Crippen molar-refractivity contribution in [2.45, 2.75) is 32.1 Å². The molecule has 1 heterocycles. The van der Waals surface area contributed by atoms with Crippen LogP contribution in [0.4, 0.5) is 19.0 Å². The molecule has 0 fully saturated rings. The van der Waals surface area contributed by atoms with Crippen LogP contribution in [0.1, 0.15) is 41.4 Å². The first-order valence-electron chi connectivity index (χ1n) is 9.05. The number of hydrogen-bond donors (Lipinski definition) is 2. The number of aromatic nitrogens is 1. The van der Waals surface area contributed by atoms with Crippen LogP contribution in [0, 0.1) is 0 Å². The summed E-state index contributed by atoms with van der Waals surface area (Å²) in [6.45, 7) is 3.15. The number of sulfone groups is 1. The highest BCUT2D eigenvalue weighted by molar-refractivity contribution is 7.93. The third-order valence-corrected chi connectivity index (χ3v) is 5.16. The molecule has 0 aliphatic heterocycles. The average molecular weight is 476 g/mol. The maximum atomic E-state index is 13.6. The minimum absolute atomic E-state index is 0.0821. The van der Waals surface area contributed by atoms with Crippen molar-refractivity contribution >= 4 is 33.2 Å². The van der Waals surface area contributed by atoms with Gasteiger partial charge in [-0.15, -0.1) is 0 Å². The molecule has 2 atom stereocenters. The number of hydrogen-bond acceptors (Lipinski definition) is 5. The third kappa shape index (κ3) is 7.25. The molecule has 2 rings (SSSR count). The number of rotatable bonds is 7. The third-order valence-electron chi connectivity index (χ3n) is 4.16. The number of nitrogens with one attached hydrogen (secondary N) is 2. The highest BCUT2D eigenvalue weighted by Gasteiger charge is 2.36. The van der Waals surface area contributed by atoms with Crippen LogP contribution >= 0.6 is 11.6 Å². The van der Waals surface area contributed by atoms with Gasteiger partial charge in [0.2, 0.25) is 0 Å². The predicted molar refractivity (Wildman–Crippen MR) is 114 cm³/mol. The monoisotopic (exact) mass is 475 g/mol. The van der Waals surface area contributed by atoms with Crippen molar-refractivity contribution in [1.82, 2.24) is 10.3 Å². The summed E-state index contributed by atoms with van der Waals surface area (Å²) in [5.74, 6) is -1.11. The second-order valence-corrected chi connectivity index (χ2v) is 9.26. The Kier molecular flexibility index (Phi) is 7.72. The molecule has 1 aromatic heterocycles. The molecule has 0 aliphatic carbocycles. The van der Waals surface area contributed by atoms with Crippen molar-refractivity contribution in [3.8, 4) is 0 Å². The molecule has 6 nitrogen and oxygen atoms in total. The molecule has 31 heavy (non-hydrogen) atoms. The Morgan fingerprint density at radius 3 is 2.45 bits per heavy atom. The van der Waals surface area contributed by atoms with Gasteiger partial charge in [0.05, 0.1) is 17.2 Å². The number of halogens is 4. The average Bonchev–Trinajstić information content (AvgIpc) is 2.65. The summed E-state index contributed by atoms with van der Waals surface area (Å²) < 4.78 is 63.1. The number of pyridine rings is 1. The maximum Gasteiger partial charge on any atom is 0.417 e. The lowest BCUT2D eigenvalue weighted by Gasteiger charge is -2.19. The van der Waals surface area contributed by atoms with E-state index in [1.807, 2.05) is 0 Å². The molecule has 0 spiro atoms. The summed E-state index contributed by atoms with van der Waals surface area (Å²) in [7, 11) is -3.44. The highest BCUT2D eigenvalue weighted by atomic mass is 35.5. The first-order chi connectivity index (χ1) is 14.3. The number of carbonyl (C=O) groups is 1. The van der Waals surface area contributed by atoms with E-state index >= 15 is 0 Å². The van der Waals surface area contributed by atoms with E-state index in [0.29, 0.717) is 10.6 Å². The van der Waals surface area contributed by atoms with Crippen LogP contribution < -0.4 is 10.6 Å². The van der Waals surface area contributed by atoms with Gasteiger partial charge in [-0.2, -0.15) is 13.2 Å². The summed E-state index contributed by atoms with van der Waals surface area (Å²) >= 11 is 6.12. The molecule has 0 saturated heterocycles. The van der Waals surface area contributed by atoms with Crippen LogP contribution in [0.2, 0.25) is 5.02 Å². The molecule has 1 aromatic carbocycles. The molecule has 0 unspecified atom stereocenters. The van der Waals surface area contributed by atoms with Crippen LogP contribution in [0.25, 0.3) is 0 Å². The predicted octanol–water partition coefficient (Wildman–Crippen LogP) is 4.60. The van der Waals surface area contributed by atoms with E-state index in [2.05, 4.69) is 15.6 Å². The Labute approximate surface area is 183 Å². The molecule has 2 aromatic rings. The molecule has 168 valence electrons. The number of nitrogens with zero attached hydrogens (tertiary/aromatic N) is 1. The molecular weight excluding hydrogens is 455 g/mol. The van der Waals surface area contributed by atoms with Gasteiger partial charge in [-0.05, 0) is 31.5 Å². The number of anilines is 1. The Bertz CT molecular complexity index is 1090. The van der Waals surface area contributed by atoms with Crippen molar-refractivity contribution in [1.29, 1.82) is 0 Å². The van der Waals surface area contributed by atoms with Gasteiger partial charge in [0.1, 0.15) is 5.82 Å². The molecule has 2 N–H and O–H groups in total. The lowest BCUT2D eigenvalue weighted by Crippen LogP contribution is -2.33. The van der Waals surface area contributed by atoms with Crippen molar-refractivity contribution in [3.63, 3.8) is 0 Å². The van der Waals surface area contributed by atoms with Gasteiger partial charge >= 0.3 is 6.18 Å². The smallest absolute Gasteiger partial charge is 0.363 e. The Hall–Kier alpha value is -2.59. The number of benzene rings is 1. The summed E-state index contributed by atoms with van der Waals surface area (Å²) in [6.07, 6.45) is -1.87. The SMILES string of the molecule is C[C@H](/C=C/S(C)(=O)=O)NC(=O)c1cnc(N[C@@H](C)c2ccccc2Cl)cc1C(F)(F)F. The first kappa shape index (κ1) is 24.7. The molecule has 11 heteroatoms. The van der Waals surface area contributed by atoms with E-state index in [0.717, 1.165) is 30.0 Å². The number of amides is 1. The topological polar surface area (TPSA) is 88.2 Å². The van der Waals surface area contributed by atoms with Gasteiger partial charge in [0, 0.05) is 28.9 Å². The zero-order chi connectivity index (χ0) is 23.4. The molecule has 0 bridgehead atoms. The molecule has 1 amide bonds. The minimum atomic E-state index is -4.81. The maximum absolute atomic E-state index is 13.6. The van der Waals surface area contributed by atoms with E-state index in [4.69, 9.17) is 11.6 Å². The van der Waals surface area contributed by atoms with E-state index in [-0.39, 0.29) is 5.82 Å². The standard InChI is InChI=1S/C20H21ClF3N3O3S/c1-12(8-9-31(3,29)30)26-19(28)15-11-25-18(10-16(15)20(22,23)24)27-13(2)14-6-4-5-7-17(14)21/h4-13H,1-3H3,(H,25,27)(H,26,28)/b9-8+/t12-,13+/m1/s1. The van der Waals surface area contributed by atoms with Crippen LogP contribution in [0.3, 0.4) is 0 Å². The highest BCUT2D eigenvalue weighted by Crippen LogP contribution is 2.34. The Morgan fingerprint density at radius 2 is 1.87 bits per heavy atom. The van der Waals surface area contributed by atoms with Gasteiger partial charge in [-0.25, -0.2) is 13.4 Å². The molecule has 0 aliphatic rings. The number of alkyl halides is 3. The lowest BCUT2D eigenvalue weighted by molar-refractivity contribution is -0.138. The summed E-state index contributed by atoms with van der Waals surface area (Å²) in [6, 6.07) is 6.37. The minimum Gasteiger partial charge on any atom is -0.363 e. The van der Waals surface area contributed by atoms with Crippen LogP contribution in [0.5, 0.6) is 0 Å². The zero-order valence-corrected chi connectivity index (χ0v) is 18.4. The van der Waals surface area contributed by atoms with Crippen LogP contribution in [0.15, 0.2) is 48.0 Å². The van der Waals surface area contributed by atoms with Gasteiger partial charge in [0.15, 0.2) is 9.84 Å². The normalized spacial score (nSPS) is 14.3. The van der Waals surface area contributed by atoms with Gasteiger partial charge in [-0.1, -0.05) is 35.9 Å². The van der Waals surface area contributed by atoms with E-state index in [1.165, 1.54) is 6.92 Å². The van der Waals surface area contributed by atoms with E-state index < -0.39 is 45.1 Å². The van der Waals surface area contributed by atoms with Gasteiger partial charge in [-0.3, -0.25) is 4.79 Å².